The van der Waals surface area contributed by atoms with Crippen molar-refractivity contribution in [3.63, 3.8) is 0 Å². The van der Waals surface area contributed by atoms with Gasteiger partial charge in [-0.2, -0.15) is 5.10 Å². The molecule has 1 amide bonds. The summed E-state index contributed by atoms with van der Waals surface area (Å²) in [5.41, 5.74) is 3.78. The van der Waals surface area contributed by atoms with Crippen LogP contribution in [0.4, 0.5) is 0 Å². The van der Waals surface area contributed by atoms with E-state index in [0.717, 1.165) is 16.8 Å². The lowest BCUT2D eigenvalue weighted by atomic mass is 10.1. The molecule has 3 rings (SSSR count). The highest BCUT2D eigenvalue weighted by Crippen LogP contribution is 2.18. The van der Waals surface area contributed by atoms with Crippen LogP contribution in [0.1, 0.15) is 34.6 Å². The number of hydrogen-bond donors (Lipinski definition) is 2. The molecule has 22 heavy (non-hydrogen) atoms. The van der Waals surface area contributed by atoms with Gasteiger partial charge in [-0.3, -0.25) is 9.48 Å². The minimum Gasteiger partial charge on any atom is -0.429 e. The van der Waals surface area contributed by atoms with Crippen LogP contribution in [0.15, 0.2) is 28.8 Å². The van der Waals surface area contributed by atoms with Crippen LogP contribution < -0.4 is 5.32 Å². The molecule has 1 aromatic carbocycles. The van der Waals surface area contributed by atoms with E-state index in [1.165, 1.54) is 0 Å². The standard InChI is InChI=1S/C15H16N4O2S/c1-8(11-7-19(3)18-9(11)2)16-14(20)10-4-5-12-13(6-10)21-15(22)17-12/h4-8H,1-3H3,(H,16,20)(H,17,22)/t8-/m0/s1. The highest BCUT2D eigenvalue weighted by molar-refractivity contribution is 7.71. The van der Waals surface area contributed by atoms with E-state index in [2.05, 4.69) is 15.4 Å². The summed E-state index contributed by atoms with van der Waals surface area (Å²) in [5.74, 6) is -0.167. The molecule has 0 aliphatic rings. The summed E-state index contributed by atoms with van der Waals surface area (Å²) in [6.45, 7) is 3.86. The SMILES string of the molecule is Cc1nn(C)cc1[C@H](C)NC(=O)c1ccc2[nH]c(=S)oc2c1. The Kier molecular flexibility index (Phi) is 3.58. The van der Waals surface area contributed by atoms with Crippen molar-refractivity contribution >= 4 is 29.2 Å². The number of carbonyl (C=O) groups excluding carboxylic acids is 1. The third kappa shape index (κ3) is 2.67. The van der Waals surface area contributed by atoms with Gasteiger partial charge in [0.05, 0.1) is 17.3 Å². The maximum Gasteiger partial charge on any atom is 0.266 e. The molecule has 114 valence electrons. The van der Waals surface area contributed by atoms with Crippen molar-refractivity contribution in [3.8, 4) is 0 Å². The van der Waals surface area contributed by atoms with Crippen LogP contribution in [0.5, 0.6) is 0 Å². The Morgan fingerprint density at radius 2 is 2.27 bits per heavy atom. The maximum atomic E-state index is 12.4. The zero-order valence-corrected chi connectivity index (χ0v) is 13.3. The summed E-state index contributed by atoms with van der Waals surface area (Å²) >= 11 is 4.94. The lowest BCUT2D eigenvalue weighted by Crippen LogP contribution is -2.26. The molecule has 0 saturated heterocycles. The highest BCUT2D eigenvalue weighted by atomic mass is 32.1. The fourth-order valence-electron chi connectivity index (χ4n) is 2.49. The number of rotatable bonds is 3. The maximum absolute atomic E-state index is 12.4. The number of H-pyrrole nitrogens is 1. The van der Waals surface area contributed by atoms with Gasteiger partial charge >= 0.3 is 0 Å². The Labute approximate surface area is 132 Å². The van der Waals surface area contributed by atoms with Crippen LogP contribution in [0, 0.1) is 11.8 Å². The summed E-state index contributed by atoms with van der Waals surface area (Å²) in [6, 6.07) is 5.07. The third-order valence-corrected chi connectivity index (χ3v) is 3.73. The van der Waals surface area contributed by atoms with Gasteiger partial charge in [0.1, 0.15) is 0 Å². The van der Waals surface area contributed by atoms with Crippen molar-refractivity contribution in [1.29, 1.82) is 0 Å². The minimum atomic E-state index is -0.167. The Hall–Kier alpha value is -2.41. The Morgan fingerprint density at radius 1 is 1.50 bits per heavy atom. The molecular formula is C15H16N4O2S. The first-order valence-electron chi connectivity index (χ1n) is 6.88. The molecule has 0 fully saturated rings. The van der Waals surface area contributed by atoms with E-state index in [4.69, 9.17) is 16.6 Å². The number of fused-ring (bicyclic) bond motifs is 1. The molecule has 2 N–H and O–H groups in total. The molecule has 2 aromatic heterocycles. The van der Waals surface area contributed by atoms with Gasteiger partial charge in [0.25, 0.3) is 10.7 Å². The quantitative estimate of drug-likeness (QED) is 0.728. The van der Waals surface area contributed by atoms with Gasteiger partial charge in [0, 0.05) is 24.4 Å². The summed E-state index contributed by atoms with van der Waals surface area (Å²) in [5, 5.41) is 7.26. The van der Waals surface area contributed by atoms with Gasteiger partial charge in [-0.15, -0.1) is 0 Å². The van der Waals surface area contributed by atoms with E-state index >= 15 is 0 Å². The van der Waals surface area contributed by atoms with Gasteiger partial charge in [0.2, 0.25) is 0 Å². The predicted molar refractivity (Wildman–Crippen MR) is 85.2 cm³/mol. The molecular weight excluding hydrogens is 300 g/mol. The minimum absolute atomic E-state index is 0.130. The zero-order chi connectivity index (χ0) is 15.9. The van der Waals surface area contributed by atoms with Gasteiger partial charge in [-0.25, -0.2) is 0 Å². The lowest BCUT2D eigenvalue weighted by molar-refractivity contribution is 0.0940. The molecule has 6 nitrogen and oxygen atoms in total. The Morgan fingerprint density at radius 3 is 2.95 bits per heavy atom. The summed E-state index contributed by atoms with van der Waals surface area (Å²) in [7, 11) is 1.86. The monoisotopic (exact) mass is 316 g/mol. The molecule has 0 aliphatic heterocycles. The lowest BCUT2D eigenvalue weighted by Gasteiger charge is -2.13. The first-order chi connectivity index (χ1) is 10.4. The molecule has 1 atom stereocenters. The zero-order valence-electron chi connectivity index (χ0n) is 12.5. The number of oxazole rings is 1. The molecule has 0 bridgehead atoms. The number of aromatic nitrogens is 3. The van der Waals surface area contributed by atoms with Crippen LogP contribution in [-0.2, 0) is 7.05 Å². The molecule has 2 heterocycles. The summed E-state index contributed by atoms with van der Waals surface area (Å²) < 4.78 is 7.08. The van der Waals surface area contributed by atoms with Gasteiger partial charge in [0.15, 0.2) is 5.58 Å². The number of benzene rings is 1. The van der Waals surface area contributed by atoms with Crippen molar-refractivity contribution in [2.24, 2.45) is 7.05 Å². The molecule has 3 aromatic rings. The normalized spacial score (nSPS) is 12.5. The van der Waals surface area contributed by atoms with E-state index < -0.39 is 0 Å². The number of carbonyl (C=O) groups is 1. The number of nitrogens with one attached hydrogen (secondary N) is 2. The Bertz CT molecular complexity index is 906. The largest absolute Gasteiger partial charge is 0.429 e. The first-order valence-corrected chi connectivity index (χ1v) is 7.29. The van der Waals surface area contributed by atoms with E-state index in [9.17, 15) is 4.79 Å². The molecule has 0 unspecified atom stereocenters. The van der Waals surface area contributed by atoms with Crippen LogP contribution >= 0.6 is 12.2 Å². The van der Waals surface area contributed by atoms with Crippen molar-refractivity contribution in [2.45, 2.75) is 19.9 Å². The second-order valence-electron chi connectivity index (χ2n) is 5.26. The third-order valence-electron chi connectivity index (χ3n) is 3.55. The first kappa shape index (κ1) is 14.5. The van der Waals surface area contributed by atoms with Crippen LogP contribution in [0.25, 0.3) is 11.1 Å². The summed E-state index contributed by atoms with van der Waals surface area (Å²) in [6.07, 6.45) is 1.91. The van der Waals surface area contributed by atoms with Crippen molar-refractivity contribution < 1.29 is 9.21 Å². The van der Waals surface area contributed by atoms with E-state index in [0.29, 0.717) is 16.0 Å². The summed E-state index contributed by atoms with van der Waals surface area (Å²) in [4.78, 5) is 15.6. The molecule has 0 aliphatic carbocycles. The molecule has 0 spiro atoms. The van der Waals surface area contributed by atoms with E-state index in [1.54, 1.807) is 22.9 Å². The van der Waals surface area contributed by atoms with Crippen molar-refractivity contribution in [1.82, 2.24) is 20.1 Å². The van der Waals surface area contributed by atoms with E-state index in [1.807, 2.05) is 27.1 Å². The molecule has 0 radical (unpaired) electrons. The van der Waals surface area contributed by atoms with Gasteiger partial charge in [-0.05, 0) is 44.3 Å². The van der Waals surface area contributed by atoms with E-state index in [-0.39, 0.29) is 11.9 Å². The molecule has 7 heteroatoms. The number of nitrogens with zero attached hydrogens (tertiary/aromatic N) is 2. The fraction of sp³-hybridized carbons (Fsp3) is 0.267. The smallest absolute Gasteiger partial charge is 0.266 e. The Balaban J connectivity index is 1.83. The number of hydrogen-bond acceptors (Lipinski definition) is 4. The van der Waals surface area contributed by atoms with Gasteiger partial charge < -0.3 is 14.7 Å². The van der Waals surface area contributed by atoms with Crippen molar-refractivity contribution in [2.75, 3.05) is 0 Å². The van der Waals surface area contributed by atoms with Gasteiger partial charge in [-0.1, -0.05) is 0 Å². The number of amides is 1. The number of aromatic amines is 1. The number of aryl methyl sites for hydroxylation is 2. The average Bonchev–Trinajstić information content (AvgIpc) is 2.98. The second kappa shape index (κ2) is 5.42. The fourth-order valence-corrected chi connectivity index (χ4v) is 2.69. The van der Waals surface area contributed by atoms with Crippen molar-refractivity contribution in [3.05, 3.63) is 46.1 Å². The van der Waals surface area contributed by atoms with Crippen LogP contribution in [0.2, 0.25) is 0 Å². The topological polar surface area (TPSA) is 75.8 Å². The second-order valence-corrected chi connectivity index (χ2v) is 5.63. The molecule has 0 saturated carbocycles. The average molecular weight is 316 g/mol. The van der Waals surface area contributed by atoms with Crippen LogP contribution in [0.3, 0.4) is 0 Å². The van der Waals surface area contributed by atoms with Crippen LogP contribution in [-0.4, -0.2) is 20.7 Å². The highest BCUT2D eigenvalue weighted by Gasteiger charge is 2.16. The predicted octanol–water partition coefficient (Wildman–Crippen LogP) is 3.02.